The summed E-state index contributed by atoms with van der Waals surface area (Å²) in [6.45, 7) is 5.40. The van der Waals surface area contributed by atoms with Crippen LogP contribution in [0, 0.1) is 0 Å². The third-order valence-corrected chi connectivity index (χ3v) is 6.60. The van der Waals surface area contributed by atoms with Crippen molar-refractivity contribution in [3.05, 3.63) is 36.8 Å². The normalized spacial score (nSPS) is 14.3. The third kappa shape index (κ3) is 4.66. The van der Waals surface area contributed by atoms with Crippen LogP contribution in [0.25, 0.3) is 22.1 Å². The van der Waals surface area contributed by atoms with Crippen LogP contribution in [-0.4, -0.2) is 60.6 Å². The molecule has 3 aromatic heterocycles. The fourth-order valence-corrected chi connectivity index (χ4v) is 4.83. The van der Waals surface area contributed by atoms with Gasteiger partial charge in [-0.15, -0.1) is 0 Å². The third-order valence-electron chi connectivity index (χ3n) is 5.87. The molecule has 0 unspecified atom stereocenters. The van der Waals surface area contributed by atoms with Crippen molar-refractivity contribution in [1.29, 1.82) is 0 Å². The number of rotatable bonds is 8. The largest absolute Gasteiger partial charge is 0.356 e. The number of carbonyl (C=O) groups excluding carboxylic acids is 1. The number of aromatic nitrogens is 6. The van der Waals surface area contributed by atoms with E-state index in [-0.39, 0.29) is 12.5 Å². The summed E-state index contributed by atoms with van der Waals surface area (Å²) in [7, 11) is 0. The van der Waals surface area contributed by atoms with E-state index < -0.39 is 0 Å². The first-order valence-corrected chi connectivity index (χ1v) is 12.5. The number of para-hydroxylation sites is 2. The van der Waals surface area contributed by atoms with E-state index in [2.05, 4.69) is 27.2 Å². The van der Waals surface area contributed by atoms with Crippen LogP contribution in [0.15, 0.2) is 41.9 Å². The second-order valence-corrected chi connectivity index (χ2v) is 9.36. The molecule has 0 bridgehead atoms. The monoisotopic (exact) mass is 464 g/mol. The summed E-state index contributed by atoms with van der Waals surface area (Å²) >= 11 is 1.64. The fraction of sp³-hybridized carbons (Fsp3) is 0.435. The molecule has 0 aliphatic carbocycles. The molecular formula is C23H28N8OS. The lowest BCUT2D eigenvalue weighted by Crippen LogP contribution is -2.31. The molecule has 1 aliphatic rings. The molecule has 1 N–H and O–H groups in total. The van der Waals surface area contributed by atoms with Crippen molar-refractivity contribution in [3.8, 4) is 0 Å². The summed E-state index contributed by atoms with van der Waals surface area (Å²) in [5.41, 5.74) is 2.67. The summed E-state index contributed by atoms with van der Waals surface area (Å²) in [4.78, 5) is 28.8. The van der Waals surface area contributed by atoms with Gasteiger partial charge in [-0.3, -0.25) is 4.79 Å². The van der Waals surface area contributed by atoms with E-state index in [0.717, 1.165) is 51.9 Å². The van der Waals surface area contributed by atoms with Crippen LogP contribution in [0.2, 0.25) is 0 Å². The van der Waals surface area contributed by atoms with Crippen LogP contribution in [-0.2, 0) is 17.9 Å². The van der Waals surface area contributed by atoms with Gasteiger partial charge in [0.1, 0.15) is 12.4 Å². The molecule has 10 heteroatoms. The van der Waals surface area contributed by atoms with Crippen molar-refractivity contribution in [2.75, 3.05) is 30.3 Å². The molecule has 1 saturated heterocycles. The Morgan fingerprint density at radius 2 is 2.00 bits per heavy atom. The number of carbonyl (C=O) groups is 1. The molecule has 1 amide bonds. The Balaban J connectivity index is 1.28. The van der Waals surface area contributed by atoms with E-state index in [1.807, 2.05) is 39.7 Å². The molecule has 4 aromatic rings. The number of nitrogens with one attached hydrogen (secondary N) is 1. The van der Waals surface area contributed by atoms with Crippen LogP contribution in [0.1, 0.15) is 26.2 Å². The van der Waals surface area contributed by atoms with Crippen molar-refractivity contribution < 1.29 is 4.79 Å². The standard InChI is InChI=1S/C23H28N8OS/c1-2-33-23-27-21(29-11-6-3-7-12-29)17-14-26-31(22(17)28-23)13-10-24-20(32)15-30-16-25-18-8-4-5-9-19(18)30/h4-5,8-9,14,16H,2-3,6-7,10-13,15H2,1H3,(H,24,32). The first kappa shape index (κ1) is 21.7. The molecule has 0 atom stereocenters. The molecule has 0 spiro atoms. The van der Waals surface area contributed by atoms with Gasteiger partial charge in [0.2, 0.25) is 5.91 Å². The highest BCUT2D eigenvalue weighted by atomic mass is 32.2. The van der Waals surface area contributed by atoms with Crippen LogP contribution in [0.5, 0.6) is 0 Å². The van der Waals surface area contributed by atoms with Gasteiger partial charge in [0.05, 0.1) is 35.5 Å². The second kappa shape index (κ2) is 9.78. The summed E-state index contributed by atoms with van der Waals surface area (Å²) in [5, 5.41) is 9.34. The number of nitrogens with zero attached hydrogens (tertiary/aromatic N) is 7. The van der Waals surface area contributed by atoms with Gasteiger partial charge in [0.25, 0.3) is 0 Å². The Labute approximate surface area is 196 Å². The summed E-state index contributed by atoms with van der Waals surface area (Å²) in [6, 6.07) is 7.81. The lowest BCUT2D eigenvalue weighted by molar-refractivity contribution is -0.121. The predicted molar refractivity (Wildman–Crippen MR) is 131 cm³/mol. The van der Waals surface area contributed by atoms with Gasteiger partial charge in [-0.25, -0.2) is 19.6 Å². The zero-order valence-electron chi connectivity index (χ0n) is 18.8. The van der Waals surface area contributed by atoms with E-state index in [9.17, 15) is 4.79 Å². The Hall–Kier alpha value is -3.14. The zero-order valence-corrected chi connectivity index (χ0v) is 19.6. The molecule has 33 heavy (non-hydrogen) atoms. The minimum Gasteiger partial charge on any atom is -0.356 e. The lowest BCUT2D eigenvalue weighted by atomic mass is 10.1. The molecule has 1 aromatic carbocycles. The van der Waals surface area contributed by atoms with Gasteiger partial charge in [-0.05, 0) is 37.1 Å². The highest BCUT2D eigenvalue weighted by molar-refractivity contribution is 7.99. The van der Waals surface area contributed by atoms with Gasteiger partial charge in [-0.1, -0.05) is 30.8 Å². The molecule has 5 rings (SSSR count). The first-order valence-electron chi connectivity index (χ1n) is 11.5. The maximum absolute atomic E-state index is 12.5. The quantitative estimate of drug-likeness (QED) is 0.316. The molecule has 1 aliphatic heterocycles. The zero-order chi connectivity index (χ0) is 22.6. The Morgan fingerprint density at radius 3 is 2.85 bits per heavy atom. The number of anilines is 1. The smallest absolute Gasteiger partial charge is 0.240 e. The van der Waals surface area contributed by atoms with Gasteiger partial charge in [0, 0.05) is 19.6 Å². The highest BCUT2D eigenvalue weighted by Crippen LogP contribution is 2.29. The summed E-state index contributed by atoms with van der Waals surface area (Å²) < 4.78 is 3.73. The minimum atomic E-state index is -0.0551. The van der Waals surface area contributed by atoms with Crippen LogP contribution >= 0.6 is 11.8 Å². The number of fused-ring (bicyclic) bond motifs is 2. The fourth-order valence-electron chi connectivity index (χ4n) is 4.27. The Morgan fingerprint density at radius 1 is 1.15 bits per heavy atom. The first-order chi connectivity index (χ1) is 16.2. The molecule has 1 fully saturated rings. The number of piperidine rings is 1. The average Bonchev–Trinajstić information content (AvgIpc) is 3.44. The van der Waals surface area contributed by atoms with Crippen molar-refractivity contribution in [1.82, 2.24) is 34.6 Å². The molecule has 0 radical (unpaired) electrons. The van der Waals surface area contributed by atoms with Crippen molar-refractivity contribution in [2.45, 2.75) is 44.4 Å². The molecule has 9 nitrogen and oxygen atoms in total. The van der Waals surface area contributed by atoms with Gasteiger partial charge in [-0.2, -0.15) is 5.10 Å². The van der Waals surface area contributed by atoms with Gasteiger partial charge in [0.15, 0.2) is 10.8 Å². The predicted octanol–water partition coefficient (Wildman–Crippen LogP) is 3.09. The van der Waals surface area contributed by atoms with Crippen LogP contribution in [0.4, 0.5) is 5.82 Å². The van der Waals surface area contributed by atoms with E-state index in [0.29, 0.717) is 13.1 Å². The van der Waals surface area contributed by atoms with Crippen LogP contribution in [0.3, 0.4) is 0 Å². The number of hydrogen-bond acceptors (Lipinski definition) is 7. The van der Waals surface area contributed by atoms with E-state index in [1.54, 1.807) is 18.1 Å². The number of thioether (sulfide) groups is 1. The Kier molecular flexibility index (Phi) is 6.43. The molecule has 4 heterocycles. The highest BCUT2D eigenvalue weighted by Gasteiger charge is 2.20. The number of imidazole rings is 1. The van der Waals surface area contributed by atoms with E-state index in [1.165, 1.54) is 19.3 Å². The van der Waals surface area contributed by atoms with E-state index in [4.69, 9.17) is 9.97 Å². The van der Waals surface area contributed by atoms with Crippen molar-refractivity contribution >= 4 is 45.6 Å². The van der Waals surface area contributed by atoms with Gasteiger partial charge >= 0.3 is 0 Å². The number of benzene rings is 1. The maximum atomic E-state index is 12.5. The Bertz CT molecular complexity index is 1260. The molecule has 0 saturated carbocycles. The topological polar surface area (TPSA) is 93.8 Å². The van der Waals surface area contributed by atoms with Crippen LogP contribution < -0.4 is 10.2 Å². The number of amides is 1. The van der Waals surface area contributed by atoms with Gasteiger partial charge < -0.3 is 14.8 Å². The van der Waals surface area contributed by atoms with Crippen molar-refractivity contribution in [2.24, 2.45) is 0 Å². The molecule has 172 valence electrons. The maximum Gasteiger partial charge on any atom is 0.240 e. The van der Waals surface area contributed by atoms with E-state index >= 15 is 0 Å². The van der Waals surface area contributed by atoms with Crippen molar-refractivity contribution in [3.63, 3.8) is 0 Å². The lowest BCUT2D eigenvalue weighted by Gasteiger charge is -2.28. The number of hydrogen-bond donors (Lipinski definition) is 1. The average molecular weight is 465 g/mol. The SMILES string of the molecule is CCSc1nc(N2CCCCC2)c2cnn(CCNC(=O)Cn3cnc4ccccc43)c2n1. The molecular weight excluding hydrogens is 436 g/mol. The minimum absolute atomic E-state index is 0.0551. The second-order valence-electron chi connectivity index (χ2n) is 8.13. The summed E-state index contributed by atoms with van der Waals surface area (Å²) in [5.74, 6) is 1.84. The summed E-state index contributed by atoms with van der Waals surface area (Å²) in [6.07, 6.45) is 7.22.